The van der Waals surface area contributed by atoms with Crippen LogP contribution < -0.4 is 4.74 Å². The molecule has 464 valence electrons. The van der Waals surface area contributed by atoms with E-state index in [0.29, 0.717) is 24.4 Å². The second-order valence-electron chi connectivity index (χ2n) is 28.0. The zero-order chi connectivity index (χ0) is 63.8. The first kappa shape index (κ1) is 61.1. The van der Waals surface area contributed by atoms with Crippen LogP contribution in [0.4, 0.5) is 0 Å². The van der Waals surface area contributed by atoms with E-state index < -0.39 is 0 Å². The first-order chi connectivity index (χ1) is 45.3. The number of ether oxygens (including phenoxy) is 1. The molecule has 8 aromatic carbocycles. The number of hydrogen-bond acceptors (Lipinski definition) is 2. The Labute approximate surface area is 553 Å². The average Bonchev–Trinajstić information content (AvgIpc) is 1.57. The fourth-order valence-electron chi connectivity index (χ4n) is 15.9. The molecule has 3 heteroatoms. The van der Waals surface area contributed by atoms with Gasteiger partial charge in [0.1, 0.15) is 5.75 Å². The normalized spacial score (nSPS) is 20.3. The number of para-hydroxylation sites is 1. The lowest BCUT2D eigenvalue weighted by molar-refractivity contribution is 0.244. The molecule has 93 heavy (non-hydrogen) atoms. The van der Waals surface area contributed by atoms with Gasteiger partial charge in [0, 0.05) is 51.0 Å². The largest absolute Gasteiger partial charge is 0.493 e. The van der Waals surface area contributed by atoms with Crippen LogP contribution in [0.2, 0.25) is 0 Å². The molecule has 3 nitrogen and oxygen atoms in total. The highest BCUT2D eigenvalue weighted by molar-refractivity contribution is 6.11. The lowest BCUT2D eigenvalue weighted by Gasteiger charge is -2.42. The molecule has 1 saturated carbocycles. The first-order valence-electron chi connectivity index (χ1n) is 34.2. The predicted octanol–water partition coefficient (Wildman–Crippen LogP) is 23.5. The molecule has 0 amide bonds. The lowest BCUT2D eigenvalue weighted by atomic mass is 9.64. The van der Waals surface area contributed by atoms with E-state index in [1.807, 2.05) is 12.2 Å². The standard InChI is InChI=1S/C90H88N2O/c1-9-64-28-32-68(33-29-64)71-42-52-86-82(57-71)83-58-72(43-53-87(83)92(86)75-24-15-12-16-25-75)69-40-48-77(49-41-69)91(76-46-38-67(39-47-76)66-36-44-73(45-37-66)89(6,7)8)78-50-51-80-79-26-17-18-27-84(79)90(85(80)59-78,74-22-13-11-14-23-74)54-20-19-21-61(3)60-93-88-56-62(4)81(55-63(88)5)70-34-30-65(10-2)31-35-70/h9-18,22-38,40,42-46,48-49,51-53,55-59,61,69,78-79,84H,1-2,19-21,39,41,47,50,54,60H2,3-8H3. The zero-order valence-corrected chi connectivity index (χ0v) is 55.3. The van der Waals surface area contributed by atoms with Crippen LogP contribution in [0.3, 0.4) is 0 Å². The van der Waals surface area contributed by atoms with E-state index in [1.165, 1.54) is 111 Å². The van der Waals surface area contributed by atoms with Crippen molar-refractivity contribution in [1.82, 2.24) is 9.47 Å². The molecule has 9 aromatic rings. The number of nitrogens with zero attached hydrogens (tertiary/aromatic N) is 2. The molecule has 0 aliphatic heterocycles. The Morgan fingerprint density at radius 1 is 0.645 bits per heavy atom. The Balaban J connectivity index is 0.775. The molecular weight excluding hydrogens is 1130 g/mol. The van der Waals surface area contributed by atoms with Gasteiger partial charge in [0.05, 0.1) is 23.7 Å². The number of aryl methyl sites for hydroxylation is 2. The second kappa shape index (κ2) is 25.9. The van der Waals surface area contributed by atoms with E-state index in [4.69, 9.17) is 4.74 Å². The molecule has 5 aliphatic rings. The minimum Gasteiger partial charge on any atom is -0.493 e. The summed E-state index contributed by atoms with van der Waals surface area (Å²) in [6, 6.07) is 68.1. The summed E-state index contributed by atoms with van der Waals surface area (Å²) in [6.07, 6.45) is 39.7. The fraction of sp³-hybridized carbons (Fsp3) is 0.244. The minimum atomic E-state index is -0.181. The quantitative estimate of drug-likeness (QED) is 0.0751. The van der Waals surface area contributed by atoms with Gasteiger partial charge in [0.25, 0.3) is 0 Å². The third-order valence-corrected chi connectivity index (χ3v) is 21.1. The van der Waals surface area contributed by atoms with E-state index in [2.05, 4.69) is 313 Å². The molecule has 0 saturated heterocycles. The van der Waals surface area contributed by atoms with Crippen LogP contribution in [0.5, 0.6) is 5.75 Å². The van der Waals surface area contributed by atoms with E-state index in [1.54, 1.807) is 0 Å². The fourth-order valence-corrected chi connectivity index (χ4v) is 15.9. The summed E-state index contributed by atoms with van der Waals surface area (Å²) in [4.78, 5) is 2.75. The van der Waals surface area contributed by atoms with Gasteiger partial charge in [-0.1, -0.05) is 254 Å². The number of allylic oxidation sites excluding steroid dienone is 13. The summed E-state index contributed by atoms with van der Waals surface area (Å²) < 4.78 is 9.11. The van der Waals surface area contributed by atoms with Gasteiger partial charge < -0.3 is 14.2 Å². The lowest BCUT2D eigenvalue weighted by Crippen LogP contribution is -2.37. The smallest absolute Gasteiger partial charge is 0.122 e. The molecular formula is C90H88N2O. The monoisotopic (exact) mass is 1210 g/mol. The summed E-state index contributed by atoms with van der Waals surface area (Å²) in [5, 5.41) is 2.55. The topological polar surface area (TPSA) is 17.4 Å². The number of hydrogen-bond donors (Lipinski definition) is 0. The summed E-state index contributed by atoms with van der Waals surface area (Å²) in [7, 11) is 0. The summed E-state index contributed by atoms with van der Waals surface area (Å²) in [5.74, 6) is 2.30. The number of benzene rings is 8. The van der Waals surface area contributed by atoms with Crippen LogP contribution in [0.15, 0.2) is 285 Å². The summed E-state index contributed by atoms with van der Waals surface area (Å²) >= 11 is 0. The van der Waals surface area contributed by atoms with Crippen LogP contribution in [-0.4, -0.2) is 22.1 Å². The van der Waals surface area contributed by atoms with Crippen molar-refractivity contribution >= 4 is 39.5 Å². The van der Waals surface area contributed by atoms with Crippen LogP contribution >= 0.6 is 0 Å². The zero-order valence-electron chi connectivity index (χ0n) is 55.3. The van der Waals surface area contributed by atoms with Crippen molar-refractivity contribution < 1.29 is 4.74 Å². The van der Waals surface area contributed by atoms with E-state index in [9.17, 15) is 0 Å². The third kappa shape index (κ3) is 12.0. The SMILES string of the molecule is C=Cc1ccc(-c2ccc3c(c2)c2cc(C4C=CC(N(C5=CC=C(c6ccc(C(C)(C)C)cc6)CC5)C5C=C6C(=CC5)C5C=CC=CC5C6(CCCCC(C)COc5cc(C)c(-c6ccc(C=C)cc6)cc5C)c5ccccc5)=CC4)ccc2n3-c2ccccc2)cc1. The van der Waals surface area contributed by atoms with E-state index in [-0.39, 0.29) is 22.8 Å². The molecule has 1 heterocycles. The maximum Gasteiger partial charge on any atom is 0.122 e. The van der Waals surface area contributed by atoms with E-state index >= 15 is 0 Å². The first-order valence-corrected chi connectivity index (χ1v) is 34.2. The molecule has 6 unspecified atom stereocenters. The van der Waals surface area contributed by atoms with Crippen molar-refractivity contribution in [1.29, 1.82) is 0 Å². The molecule has 0 spiro atoms. The molecule has 1 aromatic heterocycles. The number of unbranched alkanes of at least 4 members (excludes halogenated alkanes) is 1. The van der Waals surface area contributed by atoms with Gasteiger partial charge in [0.15, 0.2) is 0 Å². The molecule has 14 rings (SSSR count). The van der Waals surface area contributed by atoms with Crippen molar-refractivity contribution in [2.75, 3.05) is 6.61 Å². The summed E-state index contributed by atoms with van der Waals surface area (Å²) in [5.41, 5.74) is 25.7. The van der Waals surface area contributed by atoms with Gasteiger partial charge in [-0.25, -0.2) is 0 Å². The van der Waals surface area contributed by atoms with Crippen LogP contribution in [-0.2, 0) is 10.8 Å². The maximum atomic E-state index is 6.67. The second-order valence-corrected chi connectivity index (χ2v) is 28.0. The molecule has 6 atom stereocenters. The van der Waals surface area contributed by atoms with Crippen molar-refractivity contribution in [2.24, 2.45) is 17.8 Å². The van der Waals surface area contributed by atoms with Crippen LogP contribution in [0.25, 0.3) is 67.5 Å². The number of aromatic nitrogens is 1. The number of fused-ring (bicyclic) bond motifs is 6. The van der Waals surface area contributed by atoms with Crippen molar-refractivity contribution in [3.05, 3.63) is 329 Å². The van der Waals surface area contributed by atoms with Crippen LogP contribution in [0.1, 0.15) is 129 Å². The predicted molar refractivity (Wildman–Crippen MR) is 396 cm³/mol. The molecule has 0 radical (unpaired) electrons. The average molecular weight is 1210 g/mol. The van der Waals surface area contributed by atoms with Gasteiger partial charge >= 0.3 is 0 Å². The molecule has 1 fully saturated rings. The Morgan fingerprint density at radius 3 is 2.01 bits per heavy atom. The molecule has 0 bridgehead atoms. The van der Waals surface area contributed by atoms with Gasteiger partial charge in [-0.3, -0.25) is 0 Å². The Bertz CT molecular complexity index is 4550. The van der Waals surface area contributed by atoms with Gasteiger partial charge in [-0.05, 0) is 208 Å². The highest BCUT2D eigenvalue weighted by atomic mass is 16.5. The minimum absolute atomic E-state index is 0.110. The molecule has 5 aliphatic carbocycles. The van der Waals surface area contributed by atoms with Crippen molar-refractivity contribution in [3.8, 4) is 33.7 Å². The van der Waals surface area contributed by atoms with Gasteiger partial charge in [0.2, 0.25) is 0 Å². The van der Waals surface area contributed by atoms with Crippen molar-refractivity contribution in [2.45, 2.75) is 116 Å². The molecule has 0 N–H and O–H groups in total. The third-order valence-electron chi connectivity index (χ3n) is 21.1. The van der Waals surface area contributed by atoms with Gasteiger partial charge in [-0.15, -0.1) is 0 Å². The van der Waals surface area contributed by atoms with E-state index in [0.717, 1.165) is 68.2 Å². The Hall–Kier alpha value is -9.44. The Morgan fingerprint density at radius 2 is 1.32 bits per heavy atom. The van der Waals surface area contributed by atoms with Crippen molar-refractivity contribution in [3.63, 3.8) is 0 Å². The number of rotatable bonds is 19. The highest BCUT2D eigenvalue weighted by Gasteiger charge is 2.54. The maximum absolute atomic E-state index is 6.67. The van der Waals surface area contributed by atoms with Crippen LogP contribution in [0, 0.1) is 31.6 Å². The highest BCUT2D eigenvalue weighted by Crippen LogP contribution is 2.61. The summed E-state index contributed by atoms with van der Waals surface area (Å²) in [6.45, 7) is 22.3. The van der Waals surface area contributed by atoms with Gasteiger partial charge in [-0.2, -0.15) is 0 Å². The Kier molecular flexibility index (Phi) is 17.0.